The largest absolute Gasteiger partial charge is 0.508 e. The molecular formula is C31H32BrN5O5. The molecule has 42 heavy (non-hydrogen) atoms. The Bertz CT molecular complexity index is 1600. The Morgan fingerprint density at radius 3 is 2.62 bits per heavy atom. The van der Waals surface area contributed by atoms with Crippen LogP contribution in [0.4, 0.5) is 5.82 Å². The fraction of sp³-hybridized carbons (Fsp3) is 0.452. The Morgan fingerprint density at radius 1 is 1.17 bits per heavy atom. The van der Waals surface area contributed by atoms with Gasteiger partial charge < -0.3 is 20.0 Å². The Balaban J connectivity index is 1.22. The zero-order chi connectivity index (χ0) is 29.2. The van der Waals surface area contributed by atoms with Crippen LogP contribution in [0, 0.1) is 27.4 Å². The molecular weight excluding hydrogens is 602 g/mol. The van der Waals surface area contributed by atoms with E-state index >= 15 is 0 Å². The minimum absolute atomic E-state index is 0.0640. The van der Waals surface area contributed by atoms with E-state index in [-0.39, 0.29) is 28.4 Å². The second-order valence-electron chi connectivity index (χ2n) is 12.7. The van der Waals surface area contributed by atoms with E-state index in [0.717, 1.165) is 49.8 Å². The van der Waals surface area contributed by atoms with E-state index < -0.39 is 11.0 Å². The first-order valence-electron chi connectivity index (χ1n) is 14.4. The summed E-state index contributed by atoms with van der Waals surface area (Å²) < 4.78 is 7.63. The molecule has 0 saturated heterocycles. The van der Waals surface area contributed by atoms with Crippen molar-refractivity contribution < 1.29 is 19.6 Å². The number of halogens is 1. The number of hydrogen-bond donors (Lipinski definition) is 1. The zero-order valence-corrected chi connectivity index (χ0v) is 24.9. The van der Waals surface area contributed by atoms with Crippen molar-refractivity contribution in [2.75, 3.05) is 7.11 Å². The summed E-state index contributed by atoms with van der Waals surface area (Å²) in [7, 11) is 1.62. The van der Waals surface area contributed by atoms with Crippen LogP contribution in [0.5, 0.6) is 11.5 Å². The average Bonchev–Trinajstić information content (AvgIpc) is 3.57. The lowest BCUT2D eigenvalue weighted by Crippen LogP contribution is -2.57. The smallest absolute Gasteiger partial charge is 0.404 e. The first-order valence-corrected chi connectivity index (χ1v) is 15.2. The third-order valence-corrected chi connectivity index (χ3v) is 10.4. The van der Waals surface area contributed by atoms with E-state index in [1.807, 2.05) is 41.1 Å². The highest BCUT2D eigenvalue weighted by atomic mass is 79.9. The van der Waals surface area contributed by atoms with Crippen molar-refractivity contribution >= 4 is 33.4 Å². The lowest BCUT2D eigenvalue weighted by atomic mass is 9.46. The van der Waals surface area contributed by atoms with Crippen molar-refractivity contribution in [2.24, 2.45) is 22.4 Å². The number of aromatic hydroxyl groups is 1. The van der Waals surface area contributed by atoms with Crippen LogP contribution in [0.25, 0.3) is 0 Å². The standard InChI is InChI=1S/C31H32BrN5O5/c1-42-22-6-4-5-21(10-22)25-11-26(23-7-2-3-8-27(23)38)36(33-25)28(39)16-30-12-19-9-20(13-30)15-31(14-19,18-30)35-17-24(32)29(34-35)37(40)41/h2-8,10,17,19-20,26,38H,9,11-16,18H2,1H3/t19-,20-,26+,30?,31?/m0/s1. The topological polar surface area (TPSA) is 123 Å². The van der Waals surface area contributed by atoms with Crippen molar-refractivity contribution in [3.05, 3.63) is 80.4 Å². The van der Waals surface area contributed by atoms with Gasteiger partial charge in [-0.05, 0) is 94.8 Å². The molecule has 4 fully saturated rings. The van der Waals surface area contributed by atoms with E-state index in [4.69, 9.17) is 9.84 Å². The third kappa shape index (κ3) is 4.49. The highest BCUT2D eigenvalue weighted by molar-refractivity contribution is 9.10. The van der Waals surface area contributed by atoms with Crippen molar-refractivity contribution in [1.82, 2.24) is 14.8 Å². The molecule has 2 aromatic carbocycles. The first kappa shape index (κ1) is 27.1. The number of amides is 1. The minimum Gasteiger partial charge on any atom is -0.508 e. The number of aromatic nitrogens is 2. The molecule has 2 heterocycles. The van der Waals surface area contributed by atoms with E-state index in [2.05, 4.69) is 21.0 Å². The van der Waals surface area contributed by atoms with Gasteiger partial charge in [-0.25, -0.2) is 5.01 Å². The molecule has 11 heteroatoms. The maximum atomic E-state index is 14.3. The summed E-state index contributed by atoms with van der Waals surface area (Å²) in [6.07, 6.45) is 8.22. The summed E-state index contributed by atoms with van der Waals surface area (Å²) in [5.41, 5.74) is 1.75. The number of ether oxygens (including phenoxy) is 1. The first-order chi connectivity index (χ1) is 20.2. The van der Waals surface area contributed by atoms with Gasteiger partial charge in [0.25, 0.3) is 0 Å². The molecule has 4 aliphatic carbocycles. The number of nitrogens with zero attached hydrogens (tertiary/aromatic N) is 5. The number of rotatable bonds is 7. The average molecular weight is 635 g/mol. The summed E-state index contributed by atoms with van der Waals surface area (Å²) in [5.74, 6) is 1.52. The number of hydrogen-bond acceptors (Lipinski definition) is 7. The number of phenols is 1. The van der Waals surface area contributed by atoms with Crippen molar-refractivity contribution in [1.29, 1.82) is 0 Å². The number of carbonyl (C=O) groups is 1. The highest BCUT2D eigenvalue weighted by Crippen LogP contribution is 2.65. The van der Waals surface area contributed by atoms with Crippen molar-refractivity contribution in [2.45, 2.75) is 62.9 Å². The van der Waals surface area contributed by atoms with Gasteiger partial charge in [-0.1, -0.05) is 30.3 Å². The van der Waals surface area contributed by atoms with Crippen LogP contribution in [0.2, 0.25) is 0 Å². The number of hydrazone groups is 1. The Labute approximate surface area is 251 Å². The predicted molar refractivity (Wildman–Crippen MR) is 158 cm³/mol. The summed E-state index contributed by atoms with van der Waals surface area (Å²) in [4.78, 5) is 25.4. The van der Waals surface area contributed by atoms with Crippen molar-refractivity contribution in [3.63, 3.8) is 0 Å². The van der Waals surface area contributed by atoms with Crippen LogP contribution >= 0.6 is 15.9 Å². The summed E-state index contributed by atoms with van der Waals surface area (Å²) in [6, 6.07) is 14.4. The molecule has 1 N–H and O–H groups in total. The van der Waals surface area contributed by atoms with Gasteiger partial charge in [0, 0.05) is 24.0 Å². The quantitative estimate of drug-likeness (QED) is 0.239. The van der Waals surface area contributed by atoms with Gasteiger partial charge in [-0.15, -0.1) is 0 Å². The third-order valence-electron chi connectivity index (χ3n) is 9.85. The van der Waals surface area contributed by atoms with E-state index in [9.17, 15) is 20.0 Å². The molecule has 0 unspecified atom stereocenters. The summed E-state index contributed by atoms with van der Waals surface area (Å²) in [5, 5.41) is 33.2. The van der Waals surface area contributed by atoms with Gasteiger partial charge in [0.05, 0.1) is 35.7 Å². The van der Waals surface area contributed by atoms with Gasteiger partial charge >= 0.3 is 5.82 Å². The van der Waals surface area contributed by atoms with Gasteiger partial charge in [0.1, 0.15) is 16.0 Å². The lowest BCUT2D eigenvalue weighted by Gasteiger charge is -2.61. The molecule has 0 spiro atoms. The van der Waals surface area contributed by atoms with Gasteiger partial charge in [-0.3, -0.25) is 4.79 Å². The van der Waals surface area contributed by atoms with Gasteiger partial charge in [0.2, 0.25) is 5.91 Å². The number of para-hydroxylation sites is 1. The SMILES string of the molecule is COc1cccc(C2=NN(C(=O)CC34C[C@@H]5C[C@@H](C3)CC(n3cc(Br)c([N+](=O)[O-])n3)(C5)C4)[C@@H](c3ccccc3O)C2)c1. The second kappa shape index (κ2) is 9.93. The van der Waals surface area contributed by atoms with Crippen LogP contribution < -0.4 is 4.74 Å². The van der Waals surface area contributed by atoms with Crippen LogP contribution in [0.3, 0.4) is 0 Å². The fourth-order valence-corrected chi connectivity index (χ4v) is 9.14. The highest BCUT2D eigenvalue weighted by Gasteiger charge is 2.61. The minimum atomic E-state index is -0.454. The normalized spacial score (nSPS) is 29.5. The van der Waals surface area contributed by atoms with Crippen LogP contribution in [-0.2, 0) is 10.3 Å². The molecule has 4 saturated carbocycles. The molecule has 0 radical (unpaired) electrons. The Hall–Kier alpha value is -3.73. The number of nitro groups is 1. The molecule has 1 amide bonds. The van der Waals surface area contributed by atoms with E-state index in [1.54, 1.807) is 30.4 Å². The Kier molecular flexibility index (Phi) is 6.41. The lowest BCUT2D eigenvalue weighted by molar-refractivity contribution is -0.390. The number of phenolic OH excluding ortho intramolecular Hbond substituents is 1. The maximum Gasteiger partial charge on any atom is 0.404 e. The molecule has 218 valence electrons. The van der Waals surface area contributed by atoms with E-state index in [0.29, 0.717) is 40.5 Å². The molecule has 10 nitrogen and oxygen atoms in total. The number of methoxy groups -OCH3 is 1. The molecule has 3 aromatic rings. The van der Waals surface area contributed by atoms with Gasteiger partial charge in [0.15, 0.2) is 0 Å². The molecule has 1 aromatic heterocycles. The molecule has 3 atom stereocenters. The predicted octanol–water partition coefficient (Wildman–Crippen LogP) is 6.33. The fourth-order valence-electron chi connectivity index (χ4n) is 8.72. The molecule has 8 rings (SSSR count). The maximum absolute atomic E-state index is 14.3. The summed E-state index contributed by atoms with van der Waals surface area (Å²) >= 11 is 3.34. The van der Waals surface area contributed by atoms with Gasteiger partial charge in [-0.2, -0.15) is 9.78 Å². The van der Waals surface area contributed by atoms with Crippen LogP contribution in [0.15, 0.2) is 64.3 Å². The van der Waals surface area contributed by atoms with E-state index in [1.165, 1.54) is 0 Å². The Morgan fingerprint density at radius 2 is 1.93 bits per heavy atom. The molecule has 1 aliphatic heterocycles. The molecule has 5 aliphatic rings. The second-order valence-corrected chi connectivity index (χ2v) is 13.5. The van der Waals surface area contributed by atoms with Crippen LogP contribution in [0.1, 0.15) is 68.5 Å². The number of benzene rings is 2. The number of carbonyl (C=O) groups excluding carboxylic acids is 1. The zero-order valence-electron chi connectivity index (χ0n) is 23.3. The van der Waals surface area contributed by atoms with Crippen molar-refractivity contribution in [3.8, 4) is 11.5 Å². The monoisotopic (exact) mass is 633 g/mol. The summed E-state index contributed by atoms with van der Waals surface area (Å²) in [6.45, 7) is 0. The molecule has 4 bridgehead atoms. The van der Waals surface area contributed by atoms with Crippen LogP contribution in [-0.4, -0.2) is 43.5 Å².